The van der Waals surface area contributed by atoms with Gasteiger partial charge in [-0.15, -0.1) is 0 Å². The standard InChI is InChI=1S/C31H35N3O3/c35-30(34-21-27-16-28(22-34)20-33(19-27)18-25-12-6-2-7-13-25)29(17-24-10-4-1-5-11-24)32-31(36)37-23-26-14-8-3-9-15-26/h1-15,27-29H,16-23H2,(H,32,36)/t27?,28?,29-/m0/s1. The molecule has 2 heterocycles. The summed E-state index contributed by atoms with van der Waals surface area (Å²) in [5.74, 6) is 0.872. The molecule has 37 heavy (non-hydrogen) atoms. The summed E-state index contributed by atoms with van der Waals surface area (Å²) in [7, 11) is 0. The molecule has 2 amide bonds. The van der Waals surface area contributed by atoms with Gasteiger partial charge in [-0.3, -0.25) is 9.69 Å². The highest BCUT2D eigenvalue weighted by Gasteiger charge is 2.38. The minimum atomic E-state index is -0.662. The lowest BCUT2D eigenvalue weighted by molar-refractivity contribution is -0.138. The van der Waals surface area contributed by atoms with Crippen molar-refractivity contribution in [2.75, 3.05) is 26.2 Å². The lowest BCUT2D eigenvalue weighted by atomic mass is 9.84. The van der Waals surface area contributed by atoms with Crippen molar-refractivity contribution in [3.63, 3.8) is 0 Å². The summed E-state index contributed by atoms with van der Waals surface area (Å²) in [5, 5.41) is 2.88. The van der Waals surface area contributed by atoms with E-state index in [-0.39, 0.29) is 12.5 Å². The molecule has 192 valence electrons. The van der Waals surface area contributed by atoms with Crippen molar-refractivity contribution in [1.29, 1.82) is 0 Å². The van der Waals surface area contributed by atoms with Crippen LogP contribution in [0.3, 0.4) is 0 Å². The van der Waals surface area contributed by atoms with Crippen LogP contribution in [0, 0.1) is 11.8 Å². The number of carbonyl (C=O) groups excluding carboxylic acids is 2. The van der Waals surface area contributed by atoms with E-state index in [2.05, 4.69) is 40.5 Å². The van der Waals surface area contributed by atoms with Gasteiger partial charge in [-0.05, 0) is 34.9 Å². The Kier molecular flexibility index (Phi) is 8.16. The van der Waals surface area contributed by atoms with Gasteiger partial charge in [0.1, 0.15) is 12.6 Å². The van der Waals surface area contributed by atoms with Crippen molar-refractivity contribution in [2.45, 2.75) is 32.0 Å². The molecule has 0 aromatic heterocycles. The molecule has 0 saturated carbocycles. The van der Waals surface area contributed by atoms with Gasteiger partial charge in [-0.2, -0.15) is 0 Å². The quantitative estimate of drug-likeness (QED) is 0.498. The molecule has 5 rings (SSSR count). The van der Waals surface area contributed by atoms with E-state index in [1.165, 1.54) is 5.56 Å². The molecule has 0 aliphatic carbocycles. The number of rotatable bonds is 8. The third-order valence-electron chi connectivity index (χ3n) is 7.30. The highest BCUT2D eigenvalue weighted by atomic mass is 16.5. The van der Waals surface area contributed by atoms with Gasteiger partial charge in [-0.1, -0.05) is 91.0 Å². The van der Waals surface area contributed by atoms with Crippen LogP contribution in [0.4, 0.5) is 4.79 Å². The van der Waals surface area contributed by atoms with Gasteiger partial charge in [0.05, 0.1) is 0 Å². The summed E-state index contributed by atoms with van der Waals surface area (Å²) in [4.78, 5) is 31.0. The molecule has 1 N–H and O–H groups in total. The van der Waals surface area contributed by atoms with Crippen LogP contribution >= 0.6 is 0 Å². The second-order valence-corrected chi connectivity index (χ2v) is 10.3. The summed E-state index contributed by atoms with van der Waals surface area (Å²) in [6.07, 6.45) is 1.03. The fraction of sp³-hybridized carbons (Fsp3) is 0.355. The minimum absolute atomic E-state index is 0.0216. The van der Waals surface area contributed by atoms with Crippen molar-refractivity contribution in [2.24, 2.45) is 11.8 Å². The first-order chi connectivity index (χ1) is 18.1. The van der Waals surface area contributed by atoms with Gasteiger partial charge in [0.25, 0.3) is 0 Å². The maximum atomic E-state index is 13.8. The number of piperidine rings is 2. The van der Waals surface area contributed by atoms with E-state index in [4.69, 9.17) is 4.74 Å². The van der Waals surface area contributed by atoms with E-state index in [1.54, 1.807) is 0 Å². The van der Waals surface area contributed by atoms with Crippen LogP contribution in [0.5, 0.6) is 0 Å². The van der Waals surface area contributed by atoms with Gasteiger partial charge in [0, 0.05) is 39.1 Å². The lowest BCUT2D eigenvalue weighted by Gasteiger charge is -2.46. The summed E-state index contributed by atoms with van der Waals surface area (Å²) < 4.78 is 5.45. The fourth-order valence-electron chi connectivity index (χ4n) is 5.72. The summed E-state index contributed by atoms with van der Waals surface area (Å²) in [6.45, 7) is 4.56. The maximum absolute atomic E-state index is 13.8. The average Bonchev–Trinajstić information content (AvgIpc) is 2.92. The van der Waals surface area contributed by atoms with Crippen LogP contribution in [0.2, 0.25) is 0 Å². The Hall–Kier alpha value is -3.64. The van der Waals surface area contributed by atoms with Crippen molar-refractivity contribution in [1.82, 2.24) is 15.1 Å². The number of alkyl carbamates (subject to hydrolysis) is 1. The Balaban J connectivity index is 1.22. The first kappa shape index (κ1) is 25.0. The largest absolute Gasteiger partial charge is 0.445 e. The molecule has 6 heteroatoms. The molecule has 3 atom stereocenters. The Morgan fingerprint density at radius 2 is 1.30 bits per heavy atom. The molecule has 0 radical (unpaired) electrons. The SMILES string of the molecule is O=C(N[C@@H](Cc1ccccc1)C(=O)N1CC2CC(CN(Cc3ccccc3)C2)C1)OCc1ccccc1. The molecule has 2 aliphatic rings. The summed E-state index contributed by atoms with van der Waals surface area (Å²) in [5.41, 5.74) is 3.25. The van der Waals surface area contributed by atoms with Crippen LogP contribution in [-0.2, 0) is 29.1 Å². The van der Waals surface area contributed by atoms with Crippen LogP contribution in [0.1, 0.15) is 23.1 Å². The van der Waals surface area contributed by atoms with E-state index in [1.807, 2.05) is 65.6 Å². The molecule has 2 unspecified atom stereocenters. The molecular formula is C31H35N3O3. The predicted molar refractivity (Wildman–Crippen MR) is 144 cm³/mol. The average molecular weight is 498 g/mol. The van der Waals surface area contributed by atoms with E-state index in [0.717, 1.165) is 50.3 Å². The smallest absolute Gasteiger partial charge is 0.408 e. The van der Waals surface area contributed by atoms with Gasteiger partial charge in [0.2, 0.25) is 5.91 Å². The number of hydrogen-bond acceptors (Lipinski definition) is 4. The fourth-order valence-corrected chi connectivity index (χ4v) is 5.72. The number of likely N-dealkylation sites (tertiary alicyclic amines) is 2. The number of ether oxygens (including phenoxy) is 1. The third-order valence-corrected chi connectivity index (χ3v) is 7.30. The van der Waals surface area contributed by atoms with E-state index in [9.17, 15) is 9.59 Å². The number of nitrogens with one attached hydrogen (secondary N) is 1. The maximum Gasteiger partial charge on any atom is 0.408 e. The predicted octanol–water partition coefficient (Wildman–Crippen LogP) is 4.50. The summed E-state index contributed by atoms with van der Waals surface area (Å²) in [6, 6.07) is 29.3. The van der Waals surface area contributed by atoms with Crippen LogP contribution in [0.25, 0.3) is 0 Å². The first-order valence-electron chi connectivity index (χ1n) is 13.2. The Labute approximate surface area is 219 Å². The first-order valence-corrected chi connectivity index (χ1v) is 13.2. The van der Waals surface area contributed by atoms with Crippen molar-refractivity contribution < 1.29 is 14.3 Å². The number of hydrogen-bond donors (Lipinski definition) is 1. The number of carbonyl (C=O) groups is 2. The molecule has 6 nitrogen and oxygen atoms in total. The highest BCUT2D eigenvalue weighted by Crippen LogP contribution is 2.30. The normalized spacial score (nSPS) is 20.2. The van der Waals surface area contributed by atoms with E-state index in [0.29, 0.717) is 18.3 Å². The topological polar surface area (TPSA) is 61.9 Å². The Bertz CT molecular complexity index is 1140. The van der Waals surface area contributed by atoms with Crippen molar-refractivity contribution >= 4 is 12.0 Å². The number of fused-ring (bicyclic) bond motifs is 2. The molecule has 2 bridgehead atoms. The number of amides is 2. The van der Waals surface area contributed by atoms with Gasteiger partial charge >= 0.3 is 6.09 Å². The molecule has 0 spiro atoms. The van der Waals surface area contributed by atoms with E-state index < -0.39 is 12.1 Å². The molecular weight excluding hydrogens is 462 g/mol. The molecule has 3 aromatic carbocycles. The lowest BCUT2D eigenvalue weighted by Crippen LogP contribution is -2.58. The zero-order valence-electron chi connectivity index (χ0n) is 21.2. The number of benzene rings is 3. The van der Waals surface area contributed by atoms with Crippen molar-refractivity contribution in [3.05, 3.63) is 108 Å². The minimum Gasteiger partial charge on any atom is -0.445 e. The zero-order valence-corrected chi connectivity index (χ0v) is 21.2. The van der Waals surface area contributed by atoms with Gasteiger partial charge in [0.15, 0.2) is 0 Å². The van der Waals surface area contributed by atoms with E-state index >= 15 is 0 Å². The second kappa shape index (κ2) is 12.1. The molecule has 2 aliphatic heterocycles. The third kappa shape index (κ3) is 6.98. The van der Waals surface area contributed by atoms with Crippen LogP contribution in [-0.4, -0.2) is 54.0 Å². The molecule has 3 aromatic rings. The van der Waals surface area contributed by atoms with Crippen LogP contribution in [0.15, 0.2) is 91.0 Å². The van der Waals surface area contributed by atoms with Gasteiger partial charge in [-0.25, -0.2) is 4.79 Å². The second-order valence-electron chi connectivity index (χ2n) is 10.3. The molecule has 2 saturated heterocycles. The Morgan fingerprint density at radius 3 is 1.89 bits per heavy atom. The highest BCUT2D eigenvalue weighted by molar-refractivity contribution is 5.86. The summed E-state index contributed by atoms with van der Waals surface area (Å²) >= 11 is 0. The Morgan fingerprint density at radius 1 is 0.757 bits per heavy atom. The number of nitrogens with zero attached hydrogens (tertiary/aromatic N) is 2. The van der Waals surface area contributed by atoms with Gasteiger partial charge < -0.3 is 15.0 Å². The van der Waals surface area contributed by atoms with Crippen molar-refractivity contribution in [3.8, 4) is 0 Å². The zero-order chi connectivity index (χ0) is 25.5. The van der Waals surface area contributed by atoms with Crippen LogP contribution < -0.4 is 5.32 Å². The molecule has 2 fully saturated rings. The monoisotopic (exact) mass is 497 g/mol.